The number of unbranched alkanes of at least 4 members (excludes halogenated alkanes) is 1. The lowest BCUT2D eigenvalue weighted by atomic mass is 10.2. The summed E-state index contributed by atoms with van der Waals surface area (Å²) in [7, 11) is 0. The van der Waals surface area contributed by atoms with Gasteiger partial charge in [0.05, 0.1) is 0 Å². The van der Waals surface area contributed by atoms with Gasteiger partial charge >= 0.3 is 0 Å². The van der Waals surface area contributed by atoms with Crippen LogP contribution in [0.2, 0.25) is 0 Å². The number of alkyl halides is 2. The van der Waals surface area contributed by atoms with Crippen LogP contribution in [0.3, 0.4) is 0 Å². The number of hydrogen-bond acceptors (Lipinski definition) is 0. The first-order valence-electron chi connectivity index (χ1n) is 3.23. The molecule has 0 unspecified atom stereocenters. The van der Waals surface area contributed by atoms with Crippen molar-refractivity contribution in [3.05, 3.63) is 11.1 Å². The molecule has 60 valence electrons. The highest BCUT2D eigenvalue weighted by Crippen LogP contribution is 2.41. The highest BCUT2D eigenvalue weighted by molar-refractivity contribution is 9.26. The second kappa shape index (κ2) is 4.94. The van der Waals surface area contributed by atoms with Gasteiger partial charge in [0, 0.05) is 4.48 Å². The van der Waals surface area contributed by atoms with Gasteiger partial charge in [-0.3, -0.25) is 0 Å². The summed E-state index contributed by atoms with van der Waals surface area (Å²) in [5, 5.41) is 0. The van der Waals surface area contributed by atoms with Crippen molar-refractivity contribution in [3.63, 3.8) is 0 Å². The van der Waals surface area contributed by atoms with Crippen molar-refractivity contribution < 1.29 is 0 Å². The van der Waals surface area contributed by atoms with Gasteiger partial charge in [-0.15, -0.1) is 0 Å². The van der Waals surface area contributed by atoms with Crippen LogP contribution >= 0.6 is 47.8 Å². The zero-order chi connectivity index (χ0) is 8.20. The summed E-state index contributed by atoms with van der Waals surface area (Å²) in [6, 6.07) is 0. The Bertz CT molecular complexity index is 118. The average molecular weight is 335 g/mol. The quantitative estimate of drug-likeness (QED) is 0.661. The fourth-order valence-electron chi connectivity index (χ4n) is 0.534. The molecule has 0 amide bonds. The third-order valence-electron chi connectivity index (χ3n) is 1.24. The summed E-state index contributed by atoms with van der Waals surface area (Å²) in [5.41, 5.74) is 0. The number of halogens is 3. The molecular formula is C7H11Br3. The maximum Gasteiger partial charge on any atom is 0.111 e. The molecular weight excluding hydrogens is 324 g/mol. The molecule has 0 rings (SSSR count). The largest absolute Gasteiger partial charge is 0.111 e. The molecule has 0 aliphatic heterocycles. The number of allylic oxidation sites excluding steroid dienone is 1. The van der Waals surface area contributed by atoms with E-state index in [-0.39, 0.29) is 3.23 Å². The molecule has 0 aromatic heterocycles. The van der Waals surface area contributed by atoms with Crippen LogP contribution < -0.4 is 0 Å². The van der Waals surface area contributed by atoms with Crippen LogP contribution in [0.15, 0.2) is 11.1 Å². The summed E-state index contributed by atoms with van der Waals surface area (Å²) in [5.74, 6) is 0. The Morgan fingerprint density at radius 2 is 2.00 bits per heavy atom. The summed E-state index contributed by atoms with van der Waals surface area (Å²) < 4.78 is 0.851. The molecule has 0 N–H and O–H groups in total. The molecule has 0 saturated heterocycles. The van der Waals surface area contributed by atoms with Crippen molar-refractivity contribution in [2.75, 3.05) is 0 Å². The molecule has 0 nitrogen and oxygen atoms in total. The molecule has 0 aliphatic rings. The Hall–Kier alpha value is 1.18. The predicted octanol–water partition coefficient (Wildman–Crippen LogP) is 4.57. The minimum absolute atomic E-state index is 0.101. The molecule has 0 aliphatic carbocycles. The molecule has 0 heterocycles. The van der Waals surface area contributed by atoms with Crippen LogP contribution in [0.1, 0.15) is 26.2 Å². The predicted molar refractivity (Wildman–Crippen MR) is 58.2 cm³/mol. The van der Waals surface area contributed by atoms with E-state index in [4.69, 9.17) is 0 Å². The second-order valence-electron chi connectivity index (χ2n) is 2.21. The third-order valence-corrected chi connectivity index (χ3v) is 4.73. The van der Waals surface area contributed by atoms with E-state index in [9.17, 15) is 0 Å². The summed E-state index contributed by atoms with van der Waals surface area (Å²) in [6.45, 7) is 5.98. The van der Waals surface area contributed by atoms with Crippen LogP contribution in [0.5, 0.6) is 0 Å². The van der Waals surface area contributed by atoms with E-state index in [1.807, 2.05) is 0 Å². The third kappa shape index (κ3) is 4.14. The first kappa shape index (κ1) is 11.2. The second-order valence-corrected chi connectivity index (χ2v) is 6.94. The van der Waals surface area contributed by atoms with Gasteiger partial charge in [0.2, 0.25) is 0 Å². The van der Waals surface area contributed by atoms with Gasteiger partial charge in [0.15, 0.2) is 0 Å². The Kier molecular flexibility index (Phi) is 5.52. The minimum atomic E-state index is -0.101. The topological polar surface area (TPSA) is 0 Å². The first-order valence-corrected chi connectivity index (χ1v) is 5.61. The van der Waals surface area contributed by atoms with Gasteiger partial charge in [0.1, 0.15) is 3.23 Å². The molecule has 0 aromatic carbocycles. The lowest BCUT2D eigenvalue weighted by Crippen LogP contribution is -2.09. The van der Waals surface area contributed by atoms with E-state index >= 15 is 0 Å². The molecule has 0 spiro atoms. The Morgan fingerprint density at radius 3 is 2.30 bits per heavy atom. The van der Waals surface area contributed by atoms with Crippen LogP contribution in [0.25, 0.3) is 0 Å². The smallest absolute Gasteiger partial charge is 0.0865 e. The molecule has 0 bridgehead atoms. The van der Waals surface area contributed by atoms with Crippen LogP contribution in [-0.2, 0) is 0 Å². The van der Waals surface area contributed by atoms with Gasteiger partial charge in [0.25, 0.3) is 0 Å². The van der Waals surface area contributed by atoms with E-state index in [1.165, 1.54) is 12.8 Å². The number of hydrogen-bond donors (Lipinski definition) is 0. The maximum atomic E-state index is 3.80. The molecule has 3 heteroatoms. The lowest BCUT2D eigenvalue weighted by molar-refractivity contribution is 0.725. The van der Waals surface area contributed by atoms with Gasteiger partial charge in [-0.25, -0.2) is 0 Å². The lowest BCUT2D eigenvalue weighted by Gasteiger charge is -2.18. The zero-order valence-electron chi connectivity index (χ0n) is 5.96. The highest BCUT2D eigenvalue weighted by Gasteiger charge is 2.23. The Balaban J connectivity index is 3.75. The summed E-state index contributed by atoms with van der Waals surface area (Å²) in [6.07, 6.45) is 3.47. The van der Waals surface area contributed by atoms with E-state index in [0.717, 1.165) is 10.9 Å². The van der Waals surface area contributed by atoms with Crippen molar-refractivity contribution in [1.29, 1.82) is 0 Å². The van der Waals surface area contributed by atoms with E-state index < -0.39 is 0 Å². The molecule has 0 saturated carbocycles. The number of rotatable bonds is 4. The maximum absolute atomic E-state index is 3.80. The minimum Gasteiger partial charge on any atom is -0.0865 e. The highest BCUT2D eigenvalue weighted by atomic mass is 79.9. The molecule has 10 heavy (non-hydrogen) atoms. The van der Waals surface area contributed by atoms with Gasteiger partial charge < -0.3 is 0 Å². The average Bonchev–Trinajstić information content (AvgIpc) is 1.84. The first-order chi connectivity index (χ1) is 4.50. The van der Waals surface area contributed by atoms with Crippen molar-refractivity contribution in [1.82, 2.24) is 0 Å². The van der Waals surface area contributed by atoms with Crippen LogP contribution in [0, 0.1) is 0 Å². The van der Waals surface area contributed by atoms with Crippen LogP contribution in [-0.4, -0.2) is 3.23 Å². The SMILES string of the molecule is C=C(Br)C(Br)(Br)CCCC. The standard InChI is InChI=1S/C7H11Br3/c1-3-4-5-7(9,10)6(2)8/h2-5H2,1H3. The molecule has 0 radical (unpaired) electrons. The van der Waals surface area contributed by atoms with Gasteiger partial charge in [-0.1, -0.05) is 74.1 Å². The fraction of sp³-hybridized carbons (Fsp3) is 0.714. The Morgan fingerprint density at radius 1 is 1.50 bits per heavy atom. The molecule has 0 atom stereocenters. The summed E-state index contributed by atoms with van der Waals surface area (Å²) in [4.78, 5) is 0. The van der Waals surface area contributed by atoms with Crippen molar-refractivity contribution in [2.45, 2.75) is 29.4 Å². The summed E-state index contributed by atoms with van der Waals surface area (Å²) >= 11 is 10.4. The monoisotopic (exact) mass is 332 g/mol. The van der Waals surface area contributed by atoms with E-state index in [0.29, 0.717) is 0 Å². The van der Waals surface area contributed by atoms with Gasteiger partial charge in [-0.2, -0.15) is 0 Å². The van der Waals surface area contributed by atoms with Crippen LogP contribution in [0.4, 0.5) is 0 Å². The van der Waals surface area contributed by atoms with Crippen molar-refractivity contribution >= 4 is 47.8 Å². The molecule has 0 fully saturated rings. The van der Waals surface area contributed by atoms with Crippen molar-refractivity contribution in [3.8, 4) is 0 Å². The molecule has 0 aromatic rings. The van der Waals surface area contributed by atoms with E-state index in [2.05, 4.69) is 61.3 Å². The zero-order valence-corrected chi connectivity index (χ0v) is 10.7. The normalized spacial score (nSPS) is 11.6. The fourth-order valence-corrected chi connectivity index (χ4v) is 1.29. The van der Waals surface area contributed by atoms with Crippen molar-refractivity contribution in [2.24, 2.45) is 0 Å². The van der Waals surface area contributed by atoms with Gasteiger partial charge in [-0.05, 0) is 6.42 Å². The Labute approximate surface area is 87.8 Å². The van der Waals surface area contributed by atoms with E-state index in [1.54, 1.807) is 0 Å².